The smallest absolute Gasteiger partial charge is 0.356 e. The number of ether oxygens (including phenoxy) is 1. The average Bonchev–Trinajstić information content (AvgIpc) is 3.11. The molecule has 0 unspecified atom stereocenters. The number of nitrogens with two attached hydrogens (primary N) is 1. The number of nitrogens with zero attached hydrogens (tertiary/aromatic N) is 1. The standard InChI is InChI=1S/C42H49N2O5PSi/c1-8-28-48-41(47)40(50(33-18-12-9-13-19-33,34-20-14-10-15-21-34)35-22-16-11-17-23-35)44-36(29-37(45)31-24-26-32(43)27-25-31)38(39(44)46)30(2)49-51(6,7)42(3,4)5/h8-27,30,36,38H,1,28-29,43H2,2-7H3/t30-,36-,38-/m1/s1. The third kappa shape index (κ3) is 7.45. The van der Waals surface area contributed by atoms with Crippen molar-refractivity contribution in [2.24, 2.45) is 5.92 Å². The number of ketones is 1. The molecule has 3 atom stereocenters. The number of rotatable bonds is 13. The number of amides is 1. The third-order valence-corrected chi connectivity index (χ3v) is 19.0. The number of benzene rings is 4. The summed E-state index contributed by atoms with van der Waals surface area (Å²) in [5.41, 5.74) is 7.20. The molecule has 266 valence electrons. The van der Waals surface area contributed by atoms with Crippen LogP contribution in [0.15, 0.2) is 128 Å². The highest BCUT2D eigenvalue weighted by molar-refractivity contribution is 7.96. The largest absolute Gasteiger partial charge is 0.457 e. The van der Waals surface area contributed by atoms with Crippen molar-refractivity contribution in [3.63, 3.8) is 0 Å². The summed E-state index contributed by atoms with van der Waals surface area (Å²) in [6.07, 6.45) is 0.978. The van der Waals surface area contributed by atoms with Crippen LogP contribution in [0.5, 0.6) is 0 Å². The summed E-state index contributed by atoms with van der Waals surface area (Å²) in [4.78, 5) is 45.5. The average molecular weight is 721 g/mol. The molecule has 1 aliphatic rings. The number of hydrogen-bond acceptors (Lipinski definition) is 6. The first-order valence-corrected chi connectivity index (χ1v) is 22.0. The second kappa shape index (κ2) is 15.4. The summed E-state index contributed by atoms with van der Waals surface area (Å²) in [6.45, 7) is 13.3. The molecule has 1 amide bonds. The van der Waals surface area contributed by atoms with Gasteiger partial charge in [-0.2, -0.15) is 0 Å². The van der Waals surface area contributed by atoms with Gasteiger partial charge in [0.1, 0.15) is 12.0 Å². The van der Waals surface area contributed by atoms with Crippen LogP contribution in [-0.4, -0.2) is 55.0 Å². The molecule has 1 heterocycles. The van der Waals surface area contributed by atoms with Crippen molar-refractivity contribution in [3.8, 4) is 0 Å². The Kier molecular flexibility index (Phi) is 11.4. The van der Waals surface area contributed by atoms with Crippen LogP contribution >= 0.6 is 6.89 Å². The van der Waals surface area contributed by atoms with Gasteiger partial charge >= 0.3 is 5.97 Å². The Balaban J connectivity index is 1.83. The van der Waals surface area contributed by atoms with E-state index in [1.54, 1.807) is 29.2 Å². The lowest BCUT2D eigenvalue weighted by Crippen LogP contribution is -2.69. The maximum absolute atomic E-state index is 15.0. The fourth-order valence-corrected chi connectivity index (χ4v) is 12.4. The fraction of sp³-hybridized carbons (Fsp3) is 0.286. The van der Waals surface area contributed by atoms with Gasteiger partial charge in [0.05, 0.1) is 18.1 Å². The summed E-state index contributed by atoms with van der Waals surface area (Å²) in [6, 6.07) is 35.6. The predicted octanol–water partition coefficient (Wildman–Crippen LogP) is 6.93. The summed E-state index contributed by atoms with van der Waals surface area (Å²) >= 11 is 0. The minimum atomic E-state index is -3.15. The van der Waals surface area contributed by atoms with Gasteiger partial charge in [-0.25, -0.2) is 4.79 Å². The lowest BCUT2D eigenvalue weighted by molar-refractivity contribution is -0.156. The van der Waals surface area contributed by atoms with Gasteiger partial charge in [0.15, 0.2) is 14.1 Å². The van der Waals surface area contributed by atoms with Crippen LogP contribution in [0.2, 0.25) is 18.1 Å². The number of carbonyl (C=O) groups is 3. The van der Waals surface area contributed by atoms with E-state index in [0.29, 0.717) is 11.3 Å². The summed E-state index contributed by atoms with van der Waals surface area (Å²) in [5, 5.41) is 2.51. The Labute approximate surface area is 303 Å². The van der Waals surface area contributed by atoms with Crippen molar-refractivity contribution in [2.75, 3.05) is 12.3 Å². The molecule has 0 saturated carbocycles. The van der Waals surface area contributed by atoms with E-state index < -0.39 is 39.2 Å². The van der Waals surface area contributed by atoms with Crippen molar-refractivity contribution >= 4 is 59.9 Å². The molecule has 51 heavy (non-hydrogen) atoms. The van der Waals surface area contributed by atoms with E-state index in [-0.39, 0.29) is 35.2 Å². The fourth-order valence-electron chi connectivity index (χ4n) is 6.62. The number of likely N-dealkylation sites (tertiary alicyclic amines) is 1. The number of β-lactam (4-membered cyclic amide) rings is 1. The van der Waals surface area contributed by atoms with Crippen LogP contribution in [0.25, 0.3) is 0 Å². The number of esters is 1. The molecule has 5 rings (SSSR count). The molecule has 0 radical (unpaired) electrons. The summed E-state index contributed by atoms with van der Waals surface area (Å²) < 4.78 is 12.8. The first-order chi connectivity index (χ1) is 24.2. The van der Waals surface area contributed by atoms with Crippen LogP contribution in [-0.2, 0) is 18.8 Å². The van der Waals surface area contributed by atoms with Gasteiger partial charge < -0.3 is 19.8 Å². The van der Waals surface area contributed by atoms with Crippen LogP contribution in [0, 0.1) is 5.92 Å². The molecule has 4 aromatic carbocycles. The maximum atomic E-state index is 15.0. The Hall–Kier alpha value is -4.49. The van der Waals surface area contributed by atoms with E-state index in [4.69, 9.17) is 14.9 Å². The minimum absolute atomic E-state index is 0.0257. The van der Waals surface area contributed by atoms with E-state index in [0.717, 1.165) is 15.9 Å². The van der Waals surface area contributed by atoms with Crippen molar-refractivity contribution in [2.45, 2.75) is 64.4 Å². The molecule has 7 nitrogen and oxygen atoms in total. The van der Waals surface area contributed by atoms with E-state index in [9.17, 15) is 14.4 Å². The van der Waals surface area contributed by atoms with Gasteiger partial charge in [0.2, 0.25) is 5.91 Å². The van der Waals surface area contributed by atoms with Crippen LogP contribution in [0.4, 0.5) is 5.69 Å². The lowest BCUT2D eigenvalue weighted by Gasteiger charge is -2.53. The molecule has 0 spiro atoms. The highest BCUT2D eigenvalue weighted by atomic mass is 31.2. The van der Waals surface area contributed by atoms with Crippen LogP contribution in [0.1, 0.15) is 44.5 Å². The van der Waals surface area contributed by atoms with Gasteiger partial charge in [-0.15, -0.1) is 0 Å². The molecule has 0 aromatic heterocycles. The zero-order valence-corrected chi connectivity index (χ0v) is 32.3. The number of hydrogen-bond donors (Lipinski definition) is 1. The molecule has 0 bridgehead atoms. The zero-order valence-electron chi connectivity index (χ0n) is 30.4. The highest BCUT2D eigenvalue weighted by Crippen LogP contribution is 2.50. The SMILES string of the molecule is C=CCOC(=O)C(N1C(=O)[C@H]([C@@H](C)O[Si](C)(C)C(C)(C)C)[C@H]1CC(=O)c1ccc(N)cc1)=P(c1ccccc1)(c1ccccc1)c1ccccc1. The molecular formula is C42H49N2O5PSi. The quantitative estimate of drug-likeness (QED) is 0.0306. The number of Topliss-reactive ketones (excluding diaryl/α,β-unsaturated/α-hetero) is 1. The lowest BCUT2D eigenvalue weighted by atomic mass is 9.79. The molecule has 9 heteroatoms. The van der Waals surface area contributed by atoms with E-state index in [1.807, 2.05) is 97.9 Å². The van der Waals surface area contributed by atoms with E-state index in [2.05, 4.69) is 40.4 Å². The minimum Gasteiger partial charge on any atom is -0.457 e. The monoisotopic (exact) mass is 720 g/mol. The summed E-state index contributed by atoms with van der Waals surface area (Å²) in [5.74, 6) is -1.74. The topological polar surface area (TPSA) is 98.9 Å². The van der Waals surface area contributed by atoms with Crippen molar-refractivity contribution in [1.29, 1.82) is 0 Å². The van der Waals surface area contributed by atoms with Crippen LogP contribution < -0.4 is 21.6 Å². The number of nitrogen functional groups attached to an aromatic ring is 1. The molecule has 2 N–H and O–H groups in total. The van der Waals surface area contributed by atoms with Gasteiger partial charge in [0.25, 0.3) is 0 Å². The normalized spacial score (nSPS) is 16.9. The van der Waals surface area contributed by atoms with Crippen molar-refractivity contribution in [1.82, 2.24) is 4.90 Å². The summed E-state index contributed by atoms with van der Waals surface area (Å²) in [7, 11) is -2.34. The van der Waals surface area contributed by atoms with E-state index in [1.165, 1.54) is 6.08 Å². The molecule has 1 aliphatic heterocycles. The first kappa shape index (κ1) is 37.8. The molecule has 1 saturated heterocycles. The Morgan fingerprint density at radius 2 is 1.33 bits per heavy atom. The number of carbonyl (C=O) groups excluding carboxylic acids is 3. The second-order valence-corrected chi connectivity index (χ2v) is 22.6. The highest BCUT2D eigenvalue weighted by Gasteiger charge is 2.57. The predicted molar refractivity (Wildman–Crippen MR) is 213 cm³/mol. The van der Waals surface area contributed by atoms with Gasteiger partial charge in [-0.3, -0.25) is 9.59 Å². The molecule has 1 fully saturated rings. The van der Waals surface area contributed by atoms with Gasteiger partial charge in [0, 0.05) is 24.6 Å². The Morgan fingerprint density at radius 1 is 0.863 bits per heavy atom. The second-order valence-electron chi connectivity index (χ2n) is 14.5. The molecule has 4 aromatic rings. The molecule has 0 aliphatic carbocycles. The Morgan fingerprint density at radius 3 is 1.76 bits per heavy atom. The zero-order chi connectivity index (χ0) is 37.0. The third-order valence-electron chi connectivity index (χ3n) is 10.2. The van der Waals surface area contributed by atoms with Gasteiger partial charge in [-0.1, -0.05) is 124 Å². The van der Waals surface area contributed by atoms with Crippen LogP contribution in [0.3, 0.4) is 0 Å². The molecular weight excluding hydrogens is 672 g/mol. The number of anilines is 1. The first-order valence-electron chi connectivity index (χ1n) is 17.3. The van der Waals surface area contributed by atoms with Crippen molar-refractivity contribution in [3.05, 3.63) is 133 Å². The maximum Gasteiger partial charge on any atom is 0.356 e. The Bertz CT molecular complexity index is 1820. The van der Waals surface area contributed by atoms with E-state index >= 15 is 0 Å². The van der Waals surface area contributed by atoms with Crippen molar-refractivity contribution < 1.29 is 23.5 Å². The van der Waals surface area contributed by atoms with Gasteiger partial charge in [-0.05, 0) is 65.2 Å².